The van der Waals surface area contributed by atoms with Crippen molar-refractivity contribution in [3.63, 3.8) is 0 Å². The van der Waals surface area contributed by atoms with E-state index in [1.54, 1.807) is 24.3 Å². The topological polar surface area (TPSA) is 56.6 Å². The Morgan fingerprint density at radius 1 is 1.14 bits per heavy atom. The molecule has 0 spiro atoms. The average Bonchev–Trinajstić information content (AvgIpc) is 3.05. The lowest BCUT2D eigenvalue weighted by atomic mass is 9.96. The highest BCUT2D eigenvalue weighted by Crippen LogP contribution is 2.27. The molecule has 0 aliphatic carbocycles. The number of benzene rings is 2. The van der Waals surface area contributed by atoms with E-state index in [0.29, 0.717) is 30.4 Å². The summed E-state index contributed by atoms with van der Waals surface area (Å²) in [6.45, 7) is 4.79. The zero-order chi connectivity index (χ0) is 20.2. The Balaban J connectivity index is 1.21. The van der Waals surface area contributed by atoms with E-state index >= 15 is 0 Å². The molecule has 0 radical (unpaired) electrons. The number of halogens is 1. The zero-order valence-corrected chi connectivity index (χ0v) is 16.3. The first-order valence-corrected chi connectivity index (χ1v) is 10.1. The molecule has 2 aromatic carbocycles. The van der Waals surface area contributed by atoms with E-state index in [0.717, 1.165) is 50.1 Å². The molecule has 0 atom stereocenters. The number of likely N-dealkylation sites (tertiary alicyclic amines) is 1. The maximum Gasteiger partial charge on any atom is 0.254 e. The normalized spacial score (nSPS) is 17.2. The molecule has 2 aromatic rings. The van der Waals surface area contributed by atoms with Crippen molar-refractivity contribution in [1.82, 2.24) is 9.80 Å². The van der Waals surface area contributed by atoms with Crippen molar-refractivity contribution >= 4 is 5.91 Å². The molecule has 0 bridgehead atoms. The molecule has 5 nitrogen and oxygen atoms in total. The van der Waals surface area contributed by atoms with Gasteiger partial charge >= 0.3 is 0 Å². The Morgan fingerprint density at radius 2 is 1.90 bits per heavy atom. The van der Waals surface area contributed by atoms with Crippen LogP contribution in [0.3, 0.4) is 0 Å². The summed E-state index contributed by atoms with van der Waals surface area (Å²) in [6, 6.07) is 13.6. The molecule has 1 fully saturated rings. The lowest BCUT2D eigenvalue weighted by Gasteiger charge is -2.33. The van der Waals surface area contributed by atoms with Gasteiger partial charge in [0.15, 0.2) is 0 Å². The molecule has 1 saturated heterocycles. The number of carbonyl (C=O) groups excluding carboxylic acids is 1. The highest BCUT2D eigenvalue weighted by Gasteiger charge is 2.30. The number of carbonyl (C=O) groups is 1. The summed E-state index contributed by atoms with van der Waals surface area (Å²) in [5.41, 5.74) is 2.30. The fourth-order valence-electron chi connectivity index (χ4n) is 4.13. The third-order valence-corrected chi connectivity index (χ3v) is 5.79. The fraction of sp³-hybridized carbons (Fsp3) is 0.391. The van der Waals surface area contributed by atoms with Crippen molar-refractivity contribution < 1.29 is 13.9 Å². The summed E-state index contributed by atoms with van der Waals surface area (Å²) in [7, 11) is 0. The van der Waals surface area contributed by atoms with Gasteiger partial charge in [0.25, 0.3) is 5.91 Å². The summed E-state index contributed by atoms with van der Waals surface area (Å²) < 4.78 is 18.6. The van der Waals surface area contributed by atoms with Crippen LogP contribution in [-0.4, -0.2) is 48.5 Å². The lowest BCUT2D eigenvalue weighted by Crippen LogP contribution is -2.40. The van der Waals surface area contributed by atoms with Gasteiger partial charge in [0, 0.05) is 25.2 Å². The number of amides is 1. The first-order chi connectivity index (χ1) is 14.1. The minimum atomic E-state index is -0.260. The number of hydrogen-bond acceptors (Lipinski definition) is 4. The minimum absolute atomic E-state index is 0.0830. The number of nitrogens with zero attached hydrogens (tertiary/aromatic N) is 3. The molecule has 2 aliphatic heterocycles. The smallest absolute Gasteiger partial charge is 0.254 e. The van der Waals surface area contributed by atoms with Crippen LogP contribution < -0.4 is 4.74 Å². The van der Waals surface area contributed by atoms with Crippen LogP contribution in [0, 0.1) is 23.1 Å². The van der Waals surface area contributed by atoms with Crippen LogP contribution in [0.1, 0.15) is 34.3 Å². The van der Waals surface area contributed by atoms with E-state index in [2.05, 4.69) is 11.0 Å². The molecule has 4 rings (SSSR count). The molecule has 0 saturated carbocycles. The van der Waals surface area contributed by atoms with E-state index in [1.165, 1.54) is 12.1 Å². The number of piperidine rings is 1. The average molecular weight is 393 g/mol. The van der Waals surface area contributed by atoms with Gasteiger partial charge in [0.1, 0.15) is 18.2 Å². The predicted octanol–water partition coefficient (Wildman–Crippen LogP) is 3.44. The molecule has 2 heterocycles. The van der Waals surface area contributed by atoms with E-state index < -0.39 is 0 Å². The largest absolute Gasteiger partial charge is 0.492 e. The molecule has 1 amide bonds. The van der Waals surface area contributed by atoms with Gasteiger partial charge in [-0.2, -0.15) is 5.26 Å². The van der Waals surface area contributed by atoms with Crippen LogP contribution in [0.2, 0.25) is 0 Å². The van der Waals surface area contributed by atoms with Crippen LogP contribution in [-0.2, 0) is 6.54 Å². The first-order valence-electron chi connectivity index (χ1n) is 10.1. The molecular weight excluding hydrogens is 369 g/mol. The summed E-state index contributed by atoms with van der Waals surface area (Å²) >= 11 is 0. The van der Waals surface area contributed by atoms with Crippen LogP contribution in [0.25, 0.3) is 0 Å². The molecule has 150 valence electrons. The molecule has 0 N–H and O–H groups in total. The van der Waals surface area contributed by atoms with Crippen molar-refractivity contribution in [2.75, 3.05) is 32.8 Å². The summed E-state index contributed by atoms with van der Waals surface area (Å²) in [4.78, 5) is 16.9. The number of rotatable bonds is 6. The van der Waals surface area contributed by atoms with Crippen molar-refractivity contribution in [3.8, 4) is 11.8 Å². The van der Waals surface area contributed by atoms with E-state index in [4.69, 9.17) is 10.00 Å². The third-order valence-electron chi connectivity index (χ3n) is 5.79. The predicted molar refractivity (Wildman–Crippen MR) is 107 cm³/mol. The van der Waals surface area contributed by atoms with Crippen molar-refractivity contribution in [3.05, 3.63) is 65.0 Å². The third kappa shape index (κ3) is 4.57. The molecule has 29 heavy (non-hydrogen) atoms. The summed E-state index contributed by atoms with van der Waals surface area (Å²) in [5.74, 6) is 1.01. The highest BCUT2D eigenvalue weighted by atomic mass is 19.1. The molecule has 0 unspecified atom stereocenters. The van der Waals surface area contributed by atoms with Crippen molar-refractivity contribution in [2.24, 2.45) is 5.92 Å². The van der Waals surface area contributed by atoms with E-state index in [1.807, 2.05) is 11.0 Å². The number of hydrogen-bond donors (Lipinski definition) is 0. The first kappa shape index (κ1) is 19.4. The number of fused-ring (bicyclic) bond motifs is 1. The highest BCUT2D eigenvalue weighted by molar-refractivity contribution is 5.98. The Morgan fingerprint density at radius 3 is 2.62 bits per heavy atom. The van der Waals surface area contributed by atoms with Gasteiger partial charge in [-0.15, -0.1) is 0 Å². The Kier molecular flexibility index (Phi) is 5.77. The minimum Gasteiger partial charge on any atom is -0.492 e. The molecule has 6 heteroatoms. The van der Waals surface area contributed by atoms with Crippen molar-refractivity contribution in [2.45, 2.75) is 19.4 Å². The Hall–Kier alpha value is -2.91. The SMILES string of the molecule is N#Cc1ccc2c(c1)CN(CC1CCN(CCOc3ccc(F)cc3)CC1)C2=O. The Labute approximate surface area is 170 Å². The summed E-state index contributed by atoms with van der Waals surface area (Å²) in [5, 5.41) is 9.05. The number of nitriles is 1. The van der Waals surface area contributed by atoms with E-state index in [9.17, 15) is 9.18 Å². The second kappa shape index (κ2) is 8.62. The van der Waals surface area contributed by atoms with Crippen LogP contribution in [0.4, 0.5) is 4.39 Å². The second-order valence-electron chi connectivity index (χ2n) is 7.76. The fourth-order valence-corrected chi connectivity index (χ4v) is 4.13. The van der Waals surface area contributed by atoms with Gasteiger partial charge in [0.05, 0.1) is 11.6 Å². The van der Waals surface area contributed by atoms with Crippen LogP contribution in [0.15, 0.2) is 42.5 Å². The van der Waals surface area contributed by atoms with Crippen molar-refractivity contribution in [1.29, 1.82) is 5.26 Å². The maximum atomic E-state index is 12.9. The second-order valence-corrected chi connectivity index (χ2v) is 7.76. The quantitative estimate of drug-likeness (QED) is 0.754. The van der Waals surface area contributed by atoms with Gasteiger partial charge in [-0.05, 0) is 79.9 Å². The van der Waals surface area contributed by atoms with Gasteiger partial charge in [-0.3, -0.25) is 9.69 Å². The van der Waals surface area contributed by atoms with Gasteiger partial charge in [-0.1, -0.05) is 0 Å². The van der Waals surface area contributed by atoms with Gasteiger partial charge in [-0.25, -0.2) is 4.39 Å². The van der Waals surface area contributed by atoms with Gasteiger partial charge in [0.2, 0.25) is 0 Å². The monoisotopic (exact) mass is 393 g/mol. The maximum absolute atomic E-state index is 12.9. The molecule has 2 aliphatic rings. The summed E-state index contributed by atoms with van der Waals surface area (Å²) in [6.07, 6.45) is 2.11. The zero-order valence-electron chi connectivity index (χ0n) is 16.3. The van der Waals surface area contributed by atoms with E-state index in [-0.39, 0.29) is 11.7 Å². The molecule has 0 aromatic heterocycles. The lowest BCUT2D eigenvalue weighted by molar-refractivity contribution is 0.0708. The van der Waals surface area contributed by atoms with Gasteiger partial charge < -0.3 is 9.64 Å². The van der Waals surface area contributed by atoms with Crippen LogP contribution in [0.5, 0.6) is 5.75 Å². The standard InChI is InChI=1S/C23H24FN3O2/c24-20-2-4-21(5-3-20)29-12-11-26-9-7-17(8-10-26)15-27-16-19-13-18(14-25)1-6-22(19)23(27)28/h1-6,13,17H,7-12,15-16H2. The Bertz CT molecular complexity index is 915. The van der Waals surface area contributed by atoms with Crippen LogP contribution >= 0.6 is 0 Å². The molecular formula is C23H24FN3O2. The number of ether oxygens (including phenoxy) is 1.